The Morgan fingerprint density at radius 1 is 0.289 bits per heavy atom. The normalized spacial score (nSPS) is 11.5. The number of halogens is 1. The van der Waals surface area contributed by atoms with E-state index in [0.717, 1.165) is 109 Å². The Hall–Kier alpha value is -11.2. The molecular weight excluding hydrogens is 1120 g/mol. The molecule has 0 fully saturated rings. The van der Waals surface area contributed by atoms with E-state index >= 15 is 0 Å². The van der Waals surface area contributed by atoms with Crippen molar-refractivity contribution in [3.63, 3.8) is 0 Å². The first-order valence-electron chi connectivity index (χ1n) is 30.0. The molecule has 0 radical (unpaired) electrons. The number of hydrogen-bond donors (Lipinski definition) is 2. The first-order valence-corrected chi connectivity index (χ1v) is 30.4. The van der Waals surface area contributed by atoms with Crippen molar-refractivity contribution in [2.24, 2.45) is 0 Å². The summed E-state index contributed by atoms with van der Waals surface area (Å²) in [6, 6.07) is 104. The van der Waals surface area contributed by atoms with Gasteiger partial charge in [-0.05, 0) is 169 Å². The van der Waals surface area contributed by atoms with Crippen LogP contribution < -0.4 is 5.46 Å². The summed E-state index contributed by atoms with van der Waals surface area (Å²) >= 11 is 6.23. The van der Waals surface area contributed by atoms with Crippen LogP contribution in [-0.2, 0) is 0 Å². The highest BCUT2D eigenvalue weighted by Crippen LogP contribution is 2.46. The van der Waals surface area contributed by atoms with Gasteiger partial charge in [-0.15, -0.1) is 0 Å². The molecule has 18 rings (SSSR count). The molecule has 0 saturated carbocycles. The lowest BCUT2D eigenvalue weighted by Gasteiger charge is -2.18. The molecular formula is C82H53BClN2O4-. The Bertz CT molecular complexity index is 5670. The van der Waals surface area contributed by atoms with Crippen LogP contribution in [0.15, 0.2) is 312 Å². The fourth-order valence-corrected chi connectivity index (χ4v) is 13.5. The lowest BCUT2D eigenvalue weighted by Crippen LogP contribution is -2.31. The Kier molecular flexibility index (Phi) is 13.8. The number of hydrogen-bond acceptors (Lipinski definition) is 6. The molecule has 18 aromatic rings. The van der Waals surface area contributed by atoms with Crippen LogP contribution in [0.3, 0.4) is 0 Å². The number of rotatable bonds is 6. The van der Waals surface area contributed by atoms with Gasteiger partial charge >= 0.3 is 7.12 Å². The van der Waals surface area contributed by atoms with Gasteiger partial charge in [-0.1, -0.05) is 260 Å². The molecule has 0 aliphatic heterocycles. The van der Waals surface area contributed by atoms with Crippen molar-refractivity contribution in [1.29, 1.82) is 0 Å². The monoisotopic (exact) mass is 1180 g/mol. The first-order chi connectivity index (χ1) is 44.4. The van der Waals surface area contributed by atoms with E-state index in [1.807, 2.05) is 152 Å². The summed E-state index contributed by atoms with van der Waals surface area (Å²) in [6.07, 6.45) is 0. The summed E-state index contributed by atoms with van der Waals surface area (Å²) in [5.41, 5.74) is 13.1. The van der Waals surface area contributed by atoms with Gasteiger partial charge in [0, 0.05) is 26.9 Å². The predicted molar refractivity (Wildman–Crippen MR) is 378 cm³/mol. The van der Waals surface area contributed by atoms with Gasteiger partial charge in [0.2, 0.25) is 11.8 Å². The van der Waals surface area contributed by atoms with Crippen molar-refractivity contribution >= 4 is 133 Å². The smallest absolute Gasteiger partial charge is 0.489 e. The SMILES string of the molecule is Clc1ccc2ccc3ccc4nc(-c5ccccc5)oc4c3c2c1.OB(O)c1c2ccccc2c(-c2ccccc2)c2ccccc12.[H-].c1ccc(-c2nc3ccc4ccc5ccc(-c6c7ccccc7c(-c7ccccc7)c7ccccc67)cc5c4c3o2)cc1. The standard InChI is InChI=1S/C41H25NO.C21H12ClNO.C20H15BO2.H/c1-3-11-27(12-4-1)37-31-15-7-9-17-33(31)38(34-18-10-8-16-32(34)37)30-22-20-26-19-21-28-23-24-36-40(39(28)35(26)25-30)43-41(42-36)29-13-5-2-6-14-29;22-16-10-8-13-6-7-14-9-11-18-20(19(14)17(13)12-16)24-21(23-18)15-4-2-1-3-5-15;22-21(23)20-17-12-6-4-10-15(17)19(14-8-2-1-3-9-14)16-11-5-7-13-18(16)20;/h1-25H;1-12H;1-13,22-23H;/q;;;-1. The molecule has 0 aliphatic carbocycles. The van der Waals surface area contributed by atoms with Crippen molar-refractivity contribution in [3.05, 3.63) is 308 Å². The van der Waals surface area contributed by atoms with E-state index in [2.05, 4.69) is 157 Å². The van der Waals surface area contributed by atoms with Crippen LogP contribution in [0.1, 0.15) is 1.43 Å². The average molecular weight is 1180 g/mol. The predicted octanol–water partition coefficient (Wildman–Crippen LogP) is 21.3. The summed E-state index contributed by atoms with van der Waals surface area (Å²) in [6.45, 7) is 0. The maximum Gasteiger partial charge on any atom is 0.489 e. The van der Waals surface area contributed by atoms with E-state index in [4.69, 9.17) is 25.4 Å². The molecule has 90 heavy (non-hydrogen) atoms. The topological polar surface area (TPSA) is 92.5 Å². The van der Waals surface area contributed by atoms with Crippen molar-refractivity contribution in [3.8, 4) is 56.3 Å². The molecule has 0 unspecified atom stereocenters. The third-order valence-corrected chi connectivity index (χ3v) is 17.5. The Morgan fingerprint density at radius 3 is 1.01 bits per heavy atom. The molecule has 0 bridgehead atoms. The van der Waals surface area contributed by atoms with Gasteiger partial charge in [0.05, 0.1) is 0 Å². The van der Waals surface area contributed by atoms with Crippen LogP contribution >= 0.6 is 11.6 Å². The van der Waals surface area contributed by atoms with Crippen molar-refractivity contribution < 1.29 is 20.3 Å². The van der Waals surface area contributed by atoms with Gasteiger partial charge in [-0.25, -0.2) is 9.97 Å². The van der Waals surface area contributed by atoms with Crippen molar-refractivity contribution in [1.82, 2.24) is 9.97 Å². The molecule has 0 saturated heterocycles. The zero-order valence-electron chi connectivity index (χ0n) is 49.4. The highest BCUT2D eigenvalue weighted by Gasteiger charge is 2.23. The van der Waals surface area contributed by atoms with Crippen LogP contribution in [0.2, 0.25) is 5.02 Å². The number of benzene rings is 16. The summed E-state index contributed by atoms with van der Waals surface area (Å²) in [4.78, 5) is 9.54. The fraction of sp³-hybridized carbons (Fsp3) is 0. The minimum absolute atomic E-state index is 0. The summed E-state index contributed by atoms with van der Waals surface area (Å²) in [7, 11) is -1.50. The summed E-state index contributed by atoms with van der Waals surface area (Å²) in [5, 5.41) is 38.4. The van der Waals surface area contributed by atoms with E-state index in [-0.39, 0.29) is 1.43 Å². The van der Waals surface area contributed by atoms with Crippen LogP contribution in [-0.4, -0.2) is 27.1 Å². The quantitative estimate of drug-likeness (QED) is 0.0979. The van der Waals surface area contributed by atoms with Gasteiger partial charge in [0.1, 0.15) is 11.0 Å². The molecule has 0 amide bonds. The number of oxazole rings is 2. The maximum atomic E-state index is 9.94. The molecule has 0 spiro atoms. The molecule has 16 aromatic carbocycles. The maximum absolute atomic E-state index is 9.94. The molecule has 2 heterocycles. The van der Waals surface area contributed by atoms with E-state index < -0.39 is 7.12 Å². The van der Waals surface area contributed by atoms with E-state index in [1.54, 1.807) is 0 Å². The number of nitrogens with zero attached hydrogens (tertiary/aromatic N) is 2. The van der Waals surface area contributed by atoms with Gasteiger partial charge in [0.15, 0.2) is 11.2 Å². The van der Waals surface area contributed by atoms with Gasteiger partial charge < -0.3 is 20.3 Å². The zero-order valence-corrected chi connectivity index (χ0v) is 49.2. The molecule has 6 nitrogen and oxygen atoms in total. The van der Waals surface area contributed by atoms with Crippen molar-refractivity contribution in [2.45, 2.75) is 0 Å². The molecule has 426 valence electrons. The number of fused-ring (bicyclic) bond motifs is 14. The lowest BCUT2D eigenvalue weighted by molar-refractivity contribution is 0.426. The largest absolute Gasteiger partial charge is 1.00 e. The second-order valence-corrected chi connectivity index (χ2v) is 23.0. The van der Waals surface area contributed by atoms with Crippen LogP contribution in [0, 0.1) is 0 Å². The molecule has 0 aliphatic rings. The Morgan fingerprint density at radius 2 is 0.600 bits per heavy atom. The van der Waals surface area contributed by atoms with Gasteiger partial charge in [-0.2, -0.15) is 0 Å². The Labute approximate surface area is 524 Å². The first kappa shape index (κ1) is 54.2. The van der Waals surface area contributed by atoms with Gasteiger partial charge in [0.25, 0.3) is 0 Å². The minimum Gasteiger partial charge on any atom is -1.00 e. The summed E-state index contributed by atoms with van der Waals surface area (Å²) in [5.74, 6) is 1.28. The van der Waals surface area contributed by atoms with Crippen LogP contribution in [0.4, 0.5) is 0 Å². The van der Waals surface area contributed by atoms with Crippen molar-refractivity contribution in [2.75, 3.05) is 0 Å². The van der Waals surface area contributed by atoms with Crippen LogP contribution in [0.5, 0.6) is 0 Å². The third-order valence-electron chi connectivity index (χ3n) is 17.3. The summed E-state index contributed by atoms with van der Waals surface area (Å²) < 4.78 is 12.7. The van der Waals surface area contributed by atoms with E-state index in [9.17, 15) is 10.0 Å². The zero-order chi connectivity index (χ0) is 60.2. The molecule has 2 N–H and O–H groups in total. The second-order valence-electron chi connectivity index (χ2n) is 22.6. The van der Waals surface area contributed by atoms with Crippen LogP contribution in [0.25, 0.3) is 165 Å². The lowest BCUT2D eigenvalue weighted by atomic mass is 9.72. The number of aromatic nitrogens is 2. The highest BCUT2D eigenvalue weighted by atomic mass is 35.5. The average Bonchev–Trinajstić information content (AvgIpc) is 1.09. The molecule has 0 atom stereocenters. The fourth-order valence-electron chi connectivity index (χ4n) is 13.3. The molecule has 2 aromatic heterocycles. The molecule has 8 heteroatoms. The third kappa shape index (κ3) is 9.57. The minimum atomic E-state index is -1.50. The highest BCUT2D eigenvalue weighted by molar-refractivity contribution is 6.66. The Balaban J connectivity index is 0.000000122. The van der Waals surface area contributed by atoms with E-state index in [1.165, 1.54) is 49.2 Å². The second kappa shape index (κ2) is 22.8. The van der Waals surface area contributed by atoms with E-state index in [0.29, 0.717) is 17.2 Å². The van der Waals surface area contributed by atoms with Gasteiger partial charge in [-0.3, -0.25) is 0 Å².